The van der Waals surface area contributed by atoms with Crippen LogP contribution in [0.3, 0.4) is 0 Å². The van der Waals surface area contributed by atoms with Gasteiger partial charge in [-0.15, -0.1) is 0 Å². The van der Waals surface area contributed by atoms with Crippen molar-refractivity contribution in [1.29, 1.82) is 0 Å². The molecular formula is C16H32N2O. The van der Waals surface area contributed by atoms with Crippen LogP contribution in [-0.2, 0) is 4.74 Å². The summed E-state index contributed by atoms with van der Waals surface area (Å²) in [6, 6.07) is 0.822. The van der Waals surface area contributed by atoms with Gasteiger partial charge in [-0.2, -0.15) is 0 Å². The molecule has 3 nitrogen and oxygen atoms in total. The fourth-order valence-electron chi connectivity index (χ4n) is 3.47. The highest BCUT2D eigenvalue weighted by atomic mass is 16.5. The van der Waals surface area contributed by atoms with Crippen LogP contribution in [0.5, 0.6) is 0 Å². The van der Waals surface area contributed by atoms with Gasteiger partial charge in [-0.25, -0.2) is 0 Å². The first-order valence-corrected chi connectivity index (χ1v) is 8.27. The van der Waals surface area contributed by atoms with Gasteiger partial charge in [0.25, 0.3) is 0 Å². The quantitative estimate of drug-likeness (QED) is 0.768. The fraction of sp³-hybridized carbons (Fsp3) is 1.00. The number of hydrogen-bond donors (Lipinski definition) is 1. The molecule has 112 valence electrons. The van der Waals surface area contributed by atoms with Gasteiger partial charge in [0, 0.05) is 19.2 Å². The first-order valence-electron chi connectivity index (χ1n) is 8.27. The Morgan fingerprint density at radius 3 is 2.74 bits per heavy atom. The van der Waals surface area contributed by atoms with Gasteiger partial charge in [-0.3, -0.25) is 4.90 Å². The third-order valence-electron chi connectivity index (χ3n) is 4.62. The van der Waals surface area contributed by atoms with Crippen LogP contribution < -0.4 is 5.32 Å². The molecule has 0 bridgehead atoms. The van der Waals surface area contributed by atoms with Gasteiger partial charge >= 0.3 is 0 Å². The van der Waals surface area contributed by atoms with Crippen molar-refractivity contribution in [3.63, 3.8) is 0 Å². The van der Waals surface area contributed by atoms with E-state index in [9.17, 15) is 0 Å². The maximum atomic E-state index is 5.82. The highest BCUT2D eigenvalue weighted by molar-refractivity contribution is 4.92. The van der Waals surface area contributed by atoms with Crippen LogP contribution in [0.2, 0.25) is 0 Å². The number of likely N-dealkylation sites (tertiary alicyclic amines) is 1. The first kappa shape index (κ1) is 15.3. The van der Waals surface area contributed by atoms with Gasteiger partial charge in [0.2, 0.25) is 0 Å². The zero-order valence-electron chi connectivity index (χ0n) is 13.0. The van der Waals surface area contributed by atoms with Gasteiger partial charge < -0.3 is 10.1 Å². The summed E-state index contributed by atoms with van der Waals surface area (Å²) in [5, 5.41) is 3.63. The van der Waals surface area contributed by atoms with E-state index in [1.54, 1.807) is 0 Å². The van der Waals surface area contributed by atoms with E-state index in [1.165, 1.54) is 45.3 Å². The van der Waals surface area contributed by atoms with Crippen molar-refractivity contribution in [2.24, 2.45) is 11.8 Å². The first-order chi connectivity index (χ1) is 9.20. The van der Waals surface area contributed by atoms with Gasteiger partial charge in [-0.1, -0.05) is 13.8 Å². The monoisotopic (exact) mass is 268 g/mol. The largest absolute Gasteiger partial charge is 0.377 e. The molecule has 19 heavy (non-hydrogen) atoms. The molecule has 0 aromatic rings. The van der Waals surface area contributed by atoms with Crippen molar-refractivity contribution >= 4 is 0 Å². The molecule has 2 fully saturated rings. The predicted octanol–water partition coefficient (Wildman–Crippen LogP) is 2.51. The van der Waals surface area contributed by atoms with E-state index in [4.69, 9.17) is 4.74 Å². The summed E-state index contributed by atoms with van der Waals surface area (Å²) >= 11 is 0. The van der Waals surface area contributed by atoms with Crippen molar-refractivity contribution in [2.75, 3.05) is 32.8 Å². The van der Waals surface area contributed by atoms with E-state index in [-0.39, 0.29) is 0 Å². The minimum atomic E-state index is 0.489. The summed E-state index contributed by atoms with van der Waals surface area (Å²) in [4.78, 5) is 2.70. The van der Waals surface area contributed by atoms with Crippen molar-refractivity contribution in [1.82, 2.24) is 10.2 Å². The smallest absolute Gasteiger partial charge is 0.0702 e. The molecule has 1 heterocycles. The van der Waals surface area contributed by atoms with E-state index in [1.807, 2.05) is 0 Å². The van der Waals surface area contributed by atoms with Crippen LogP contribution in [0.25, 0.3) is 0 Å². The fourth-order valence-corrected chi connectivity index (χ4v) is 3.47. The minimum Gasteiger partial charge on any atom is -0.377 e. The van der Waals surface area contributed by atoms with Gasteiger partial charge in [0.05, 0.1) is 6.10 Å². The third kappa shape index (κ3) is 4.44. The highest BCUT2D eigenvalue weighted by Gasteiger charge is 2.37. The van der Waals surface area contributed by atoms with Crippen LogP contribution in [-0.4, -0.2) is 49.8 Å². The third-order valence-corrected chi connectivity index (χ3v) is 4.62. The molecule has 3 atom stereocenters. The Labute approximate surface area is 119 Å². The second-order valence-electron chi connectivity index (χ2n) is 6.67. The minimum absolute atomic E-state index is 0.489. The number of rotatable bonds is 7. The SMILES string of the molecule is CCOC1CCCN(C2CCC2CNCC(C)C)C1. The second kappa shape index (κ2) is 7.61. The normalized spacial score (nSPS) is 32.5. The molecule has 2 aliphatic rings. The number of nitrogens with one attached hydrogen (secondary N) is 1. The van der Waals surface area contributed by atoms with Crippen LogP contribution in [0.1, 0.15) is 46.5 Å². The number of piperidine rings is 1. The van der Waals surface area contributed by atoms with Crippen LogP contribution in [0, 0.1) is 11.8 Å². The molecule has 1 aliphatic heterocycles. The van der Waals surface area contributed by atoms with Crippen molar-refractivity contribution in [3.05, 3.63) is 0 Å². The van der Waals surface area contributed by atoms with E-state index >= 15 is 0 Å². The standard InChI is InChI=1S/C16H32N2O/c1-4-19-15-6-5-9-18(12-15)16-8-7-14(16)11-17-10-13(2)3/h13-17H,4-12H2,1-3H3. The van der Waals surface area contributed by atoms with Crippen molar-refractivity contribution in [2.45, 2.75) is 58.6 Å². The zero-order valence-corrected chi connectivity index (χ0v) is 13.0. The van der Waals surface area contributed by atoms with Gasteiger partial charge in [-0.05, 0) is 64.1 Å². The maximum absolute atomic E-state index is 5.82. The van der Waals surface area contributed by atoms with E-state index < -0.39 is 0 Å². The maximum Gasteiger partial charge on any atom is 0.0702 e. The molecule has 3 heteroatoms. The zero-order chi connectivity index (χ0) is 13.7. The van der Waals surface area contributed by atoms with Crippen molar-refractivity contribution in [3.8, 4) is 0 Å². The van der Waals surface area contributed by atoms with Crippen LogP contribution >= 0.6 is 0 Å². The number of nitrogens with zero attached hydrogens (tertiary/aromatic N) is 1. The Hall–Kier alpha value is -0.120. The van der Waals surface area contributed by atoms with Crippen LogP contribution in [0.15, 0.2) is 0 Å². The molecule has 1 aliphatic carbocycles. The Morgan fingerprint density at radius 1 is 1.26 bits per heavy atom. The van der Waals surface area contributed by atoms with E-state index in [0.717, 1.165) is 31.0 Å². The molecule has 0 spiro atoms. The second-order valence-corrected chi connectivity index (χ2v) is 6.67. The number of hydrogen-bond acceptors (Lipinski definition) is 3. The topological polar surface area (TPSA) is 24.5 Å². The molecule has 1 saturated carbocycles. The molecule has 1 N–H and O–H groups in total. The lowest BCUT2D eigenvalue weighted by Crippen LogP contribution is -2.54. The summed E-state index contributed by atoms with van der Waals surface area (Å²) in [6.45, 7) is 12.4. The number of ether oxygens (including phenoxy) is 1. The lowest BCUT2D eigenvalue weighted by Gasteiger charge is -2.47. The molecule has 0 amide bonds. The summed E-state index contributed by atoms with van der Waals surface area (Å²) < 4.78 is 5.82. The van der Waals surface area contributed by atoms with E-state index in [0.29, 0.717) is 6.10 Å². The van der Waals surface area contributed by atoms with Gasteiger partial charge in [0.15, 0.2) is 0 Å². The molecule has 0 aromatic carbocycles. The van der Waals surface area contributed by atoms with Gasteiger partial charge in [0.1, 0.15) is 0 Å². The predicted molar refractivity (Wildman–Crippen MR) is 80.4 cm³/mol. The molecule has 0 aromatic heterocycles. The van der Waals surface area contributed by atoms with E-state index in [2.05, 4.69) is 31.0 Å². The van der Waals surface area contributed by atoms with Crippen molar-refractivity contribution < 1.29 is 4.74 Å². The summed E-state index contributed by atoms with van der Waals surface area (Å²) in [5.41, 5.74) is 0. The molecule has 2 rings (SSSR count). The Balaban J connectivity index is 1.71. The summed E-state index contributed by atoms with van der Waals surface area (Å²) in [6.07, 6.45) is 5.86. The Bertz CT molecular complexity index is 255. The average Bonchev–Trinajstić information content (AvgIpc) is 2.34. The lowest BCUT2D eigenvalue weighted by molar-refractivity contribution is -0.0361. The van der Waals surface area contributed by atoms with Crippen LogP contribution in [0.4, 0.5) is 0 Å². The molecular weight excluding hydrogens is 236 g/mol. The lowest BCUT2D eigenvalue weighted by atomic mass is 9.77. The molecule has 0 radical (unpaired) electrons. The summed E-state index contributed by atoms with van der Waals surface area (Å²) in [7, 11) is 0. The Morgan fingerprint density at radius 2 is 2.11 bits per heavy atom. The highest BCUT2D eigenvalue weighted by Crippen LogP contribution is 2.33. The Kier molecular flexibility index (Phi) is 6.11. The summed E-state index contributed by atoms with van der Waals surface area (Å²) in [5.74, 6) is 1.63. The average molecular weight is 268 g/mol. The molecule has 1 saturated heterocycles. The molecule has 3 unspecified atom stereocenters.